The highest BCUT2D eigenvalue weighted by molar-refractivity contribution is 6.32. The van der Waals surface area contributed by atoms with Crippen LogP contribution in [0, 0.1) is 0 Å². The number of carbonyl (C=O) groups is 1. The second kappa shape index (κ2) is 5.36. The zero-order valence-electron chi connectivity index (χ0n) is 10.6. The highest BCUT2D eigenvalue weighted by Crippen LogP contribution is 2.19. The minimum absolute atomic E-state index is 0.221. The molecule has 0 fully saturated rings. The van der Waals surface area contributed by atoms with Gasteiger partial charge < -0.3 is 10.5 Å². The van der Waals surface area contributed by atoms with Crippen molar-refractivity contribution in [1.82, 2.24) is 0 Å². The van der Waals surface area contributed by atoms with E-state index in [9.17, 15) is 4.79 Å². The lowest BCUT2D eigenvalue weighted by molar-refractivity contribution is -0.156. The number of benzene rings is 1. The standard InChI is InChI=1S/C13H18BNO2/c1-13(2,3)17-12(16)11(8-15)9-4-6-10(14)7-5-9/h4-7,11H,8,15H2,1-3H3/t11-/m0/s1. The van der Waals surface area contributed by atoms with Gasteiger partial charge in [0.15, 0.2) is 0 Å². The first kappa shape index (κ1) is 13.8. The van der Waals surface area contributed by atoms with E-state index in [0.29, 0.717) is 5.46 Å². The van der Waals surface area contributed by atoms with Crippen molar-refractivity contribution in [2.75, 3.05) is 6.54 Å². The number of ether oxygens (including phenoxy) is 1. The number of nitrogens with two attached hydrogens (primary N) is 1. The monoisotopic (exact) mass is 231 g/mol. The van der Waals surface area contributed by atoms with Crippen LogP contribution in [0.5, 0.6) is 0 Å². The van der Waals surface area contributed by atoms with Crippen LogP contribution in [-0.2, 0) is 9.53 Å². The van der Waals surface area contributed by atoms with E-state index in [-0.39, 0.29) is 12.5 Å². The Kier molecular flexibility index (Phi) is 4.35. The van der Waals surface area contributed by atoms with Crippen LogP contribution in [0.25, 0.3) is 0 Å². The SMILES string of the molecule is [B]c1ccc([C@H](CN)C(=O)OC(C)(C)C)cc1. The number of esters is 1. The van der Waals surface area contributed by atoms with E-state index >= 15 is 0 Å². The predicted molar refractivity (Wildman–Crippen MR) is 69.5 cm³/mol. The van der Waals surface area contributed by atoms with Crippen LogP contribution in [0.15, 0.2) is 24.3 Å². The second-order valence-electron chi connectivity index (χ2n) is 4.99. The molecule has 0 aliphatic heterocycles. The van der Waals surface area contributed by atoms with Crippen LogP contribution in [0.2, 0.25) is 0 Å². The van der Waals surface area contributed by atoms with Crippen molar-refractivity contribution in [3.8, 4) is 0 Å². The van der Waals surface area contributed by atoms with E-state index in [1.807, 2.05) is 20.8 Å². The first-order valence-electron chi connectivity index (χ1n) is 5.62. The predicted octanol–water partition coefficient (Wildman–Crippen LogP) is 0.864. The Labute approximate surface area is 104 Å². The molecule has 0 saturated carbocycles. The molecule has 2 N–H and O–H groups in total. The summed E-state index contributed by atoms with van der Waals surface area (Å²) >= 11 is 0. The Hall–Kier alpha value is -1.29. The van der Waals surface area contributed by atoms with Crippen LogP contribution in [-0.4, -0.2) is 26.0 Å². The zero-order valence-corrected chi connectivity index (χ0v) is 10.6. The van der Waals surface area contributed by atoms with Gasteiger partial charge >= 0.3 is 5.97 Å². The fourth-order valence-electron chi connectivity index (χ4n) is 1.47. The molecule has 0 aliphatic rings. The van der Waals surface area contributed by atoms with Gasteiger partial charge in [0.1, 0.15) is 13.4 Å². The van der Waals surface area contributed by atoms with Gasteiger partial charge in [0.2, 0.25) is 0 Å². The summed E-state index contributed by atoms with van der Waals surface area (Å²) in [5.41, 5.74) is 6.62. The molecule has 0 saturated heterocycles. The van der Waals surface area contributed by atoms with Crippen molar-refractivity contribution >= 4 is 19.3 Å². The quantitative estimate of drug-likeness (QED) is 0.620. The molecule has 1 aromatic carbocycles. The average Bonchev–Trinajstić information content (AvgIpc) is 2.19. The summed E-state index contributed by atoms with van der Waals surface area (Å²) in [7, 11) is 5.60. The maximum absolute atomic E-state index is 11.9. The van der Waals surface area contributed by atoms with E-state index in [2.05, 4.69) is 0 Å². The van der Waals surface area contributed by atoms with E-state index in [4.69, 9.17) is 18.3 Å². The maximum atomic E-state index is 11.9. The van der Waals surface area contributed by atoms with Gasteiger partial charge in [-0.3, -0.25) is 4.79 Å². The number of rotatable bonds is 3. The third-order valence-corrected chi connectivity index (χ3v) is 2.27. The number of hydrogen-bond acceptors (Lipinski definition) is 3. The lowest BCUT2D eigenvalue weighted by Gasteiger charge is -2.23. The molecule has 1 atom stereocenters. The van der Waals surface area contributed by atoms with Gasteiger partial charge in [0, 0.05) is 6.54 Å². The minimum Gasteiger partial charge on any atom is -0.459 e. The summed E-state index contributed by atoms with van der Waals surface area (Å²) in [6, 6.07) is 7.11. The molecule has 4 heteroatoms. The second-order valence-corrected chi connectivity index (χ2v) is 4.99. The summed E-state index contributed by atoms with van der Waals surface area (Å²) in [6.07, 6.45) is 0. The molecule has 17 heavy (non-hydrogen) atoms. The topological polar surface area (TPSA) is 52.3 Å². The van der Waals surface area contributed by atoms with E-state index < -0.39 is 11.5 Å². The summed E-state index contributed by atoms with van der Waals surface area (Å²) < 4.78 is 5.33. The smallest absolute Gasteiger partial charge is 0.315 e. The summed E-state index contributed by atoms with van der Waals surface area (Å²) in [4.78, 5) is 11.9. The lowest BCUT2D eigenvalue weighted by Crippen LogP contribution is -2.31. The first-order valence-corrected chi connectivity index (χ1v) is 5.62. The molecule has 0 unspecified atom stereocenters. The molecular formula is C13H18BNO2. The summed E-state index contributed by atoms with van der Waals surface area (Å²) in [6.45, 7) is 5.73. The fourth-order valence-corrected chi connectivity index (χ4v) is 1.47. The Bertz CT molecular complexity index is 381. The van der Waals surface area contributed by atoms with Gasteiger partial charge in [-0.1, -0.05) is 29.7 Å². The third kappa shape index (κ3) is 4.23. The molecule has 1 rings (SSSR count). The molecule has 2 radical (unpaired) electrons. The van der Waals surface area contributed by atoms with Crippen molar-refractivity contribution < 1.29 is 9.53 Å². The largest absolute Gasteiger partial charge is 0.459 e. The molecule has 0 bridgehead atoms. The highest BCUT2D eigenvalue weighted by atomic mass is 16.6. The Morgan fingerprint density at radius 2 is 1.88 bits per heavy atom. The van der Waals surface area contributed by atoms with Gasteiger partial charge in [-0.2, -0.15) is 0 Å². The van der Waals surface area contributed by atoms with Crippen molar-refractivity contribution in [2.45, 2.75) is 32.3 Å². The van der Waals surface area contributed by atoms with Crippen molar-refractivity contribution in [3.63, 3.8) is 0 Å². The van der Waals surface area contributed by atoms with Gasteiger partial charge in [0.25, 0.3) is 0 Å². The van der Waals surface area contributed by atoms with Gasteiger partial charge in [-0.25, -0.2) is 0 Å². The molecule has 0 aliphatic carbocycles. The molecule has 0 aromatic heterocycles. The number of carbonyl (C=O) groups excluding carboxylic acids is 1. The Morgan fingerprint density at radius 3 is 2.29 bits per heavy atom. The molecule has 1 aromatic rings. The fraction of sp³-hybridized carbons (Fsp3) is 0.462. The zero-order chi connectivity index (χ0) is 13.1. The van der Waals surface area contributed by atoms with Crippen LogP contribution in [0.3, 0.4) is 0 Å². The van der Waals surface area contributed by atoms with Crippen molar-refractivity contribution in [2.24, 2.45) is 5.73 Å². The van der Waals surface area contributed by atoms with Gasteiger partial charge in [0.05, 0.1) is 5.92 Å². The van der Waals surface area contributed by atoms with E-state index in [1.54, 1.807) is 24.3 Å². The van der Waals surface area contributed by atoms with Crippen molar-refractivity contribution in [1.29, 1.82) is 0 Å². The highest BCUT2D eigenvalue weighted by Gasteiger charge is 2.25. The molecule has 0 amide bonds. The molecule has 90 valence electrons. The lowest BCUT2D eigenvalue weighted by atomic mass is 9.91. The molecular weight excluding hydrogens is 213 g/mol. The maximum Gasteiger partial charge on any atom is 0.315 e. The molecule has 3 nitrogen and oxygen atoms in total. The van der Waals surface area contributed by atoms with Gasteiger partial charge in [-0.05, 0) is 26.3 Å². The van der Waals surface area contributed by atoms with E-state index in [1.165, 1.54) is 0 Å². The first-order chi connectivity index (χ1) is 7.83. The van der Waals surface area contributed by atoms with Crippen LogP contribution < -0.4 is 11.2 Å². The Morgan fingerprint density at radius 1 is 1.35 bits per heavy atom. The van der Waals surface area contributed by atoms with Gasteiger partial charge in [-0.15, -0.1) is 0 Å². The summed E-state index contributed by atoms with van der Waals surface area (Å²) in [5.74, 6) is -0.736. The minimum atomic E-state index is -0.502. The van der Waals surface area contributed by atoms with E-state index in [0.717, 1.165) is 5.56 Å². The summed E-state index contributed by atoms with van der Waals surface area (Å²) in [5, 5.41) is 0. The average molecular weight is 231 g/mol. The molecule has 0 heterocycles. The van der Waals surface area contributed by atoms with Crippen LogP contribution >= 0.6 is 0 Å². The van der Waals surface area contributed by atoms with Crippen molar-refractivity contribution in [3.05, 3.63) is 29.8 Å². The van der Waals surface area contributed by atoms with Crippen LogP contribution in [0.1, 0.15) is 32.3 Å². The Balaban J connectivity index is 2.84. The van der Waals surface area contributed by atoms with Crippen LogP contribution in [0.4, 0.5) is 0 Å². The third-order valence-electron chi connectivity index (χ3n) is 2.27. The normalized spacial score (nSPS) is 13.2. The number of hydrogen-bond donors (Lipinski definition) is 1. The molecule has 0 spiro atoms.